The fraction of sp³-hybridized carbons (Fsp3) is 0.364. The number of nitrogens with one attached hydrogen (secondary N) is 1. The van der Waals surface area contributed by atoms with Gasteiger partial charge in [-0.3, -0.25) is 0 Å². The van der Waals surface area contributed by atoms with Crippen molar-refractivity contribution >= 4 is 27.6 Å². The average molecular weight is 290 g/mol. The van der Waals surface area contributed by atoms with Crippen molar-refractivity contribution in [3.05, 3.63) is 28.8 Å². The average Bonchev–Trinajstić information content (AvgIpc) is 3.09. The molecule has 98 valence electrons. The lowest BCUT2D eigenvalue weighted by atomic mass is 10.2. The molecular weight excluding hydrogens is 278 g/mol. The number of hydrogen-bond acceptors (Lipinski definition) is 3. The highest BCUT2D eigenvalue weighted by Crippen LogP contribution is 2.28. The number of aromatic carboxylic acids is 1. The van der Waals surface area contributed by atoms with Crippen LogP contribution < -0.4 is 4.72 Å². The number of sulfonamides is 1. The Morgan fingerprint density at radius 1 is 1.44 bits per heavy atom. The van der Waals surface area contributed by atoms with Gasteiger partial charge in [0.15, 0.2) is 0 Å². The molecular formula is C11H12ClNO4S. The summed E-state index contributed by atoms with van der Waals surface area (Å²) in [6.07, 6.45) is 2.09. The molecule has 1 aliphatic carbocycles. The Hall–Kier alpha value is -1.11. The predicted molar refractivity (Wildman–Crippen MR) is 66.3 cm³/mol. The van der Waals surface area contributed by atoms with E-state index in [0.29, 0.717) is 12.5 Å². The van der Waals surface area contributed by atoms with Gasteiger partial charge in [0.05, 0.1) is 15.5 Å². The third-order valence-corrected chi connectivity index (χ3v) is 4.47. The lowest BCUT2D eigenvalue weighted by molar-refractivity contribution is 0.0697. The van der Waals surface area contributed by atoms with Gasteiger partial charge in [0.25, 0.3) is 0 Å². The SMILES string of the molecule is O=C(O)c1ccc(S(=O)(=O)NCC2CC2)cc1Cl. The standard InChI is InChI=1S/C11H12ClNO4S/c12-10-5-8(3-4-9(10)11(14)15)18(16,17)13-6-7-1-2-7/h3-5,7,13H,1-2,6H2,(H,14,15). The minimum Gasteiger partial charge on any atom is -0.478 e. The maximum atomic E-state index is 11.9. The summed E-state index contributed by atoms with van der Waals surface area (Å²) in [5.74, 6) is -0.761. The van der Waals surface area contributed by atoms with Crippen LogP contribution in [-0.2, 0) is 10.0 Å². The summed E-state index contributed by atoms with van der Waals surface area (Å²) in [6.45, 7) is 0.417. The summed E-state index contributed by atoms with van der Waals surface area (Å²) < 4.78 is 26.2. The first-order chi connectivity index (χ1) is 8.40. The molecule has 7 heteroatoms. The Labute approximate surface area is 110 Å². The zero-order chi connectivity index (χ0) is 13.3. The lowest BCUT2D eigenvalue weighted by Gasteiger charge is -2.07. The Balaban J connectivity index is 2.21. The topological polar surface area (TPSA) is 83.5 Å². The van der Waals surface area contributed by atoms with Gasteiger partial charge in [-0.15, -0.1) is 0 Å². The van der Waals surface area contributed by atoms with Crippen LogP contribution in [0.2, 0.25) is 5.02 Å². The van der Waals surface area contributed by atoms with Gasteiger partial charge in [0, 0.05) is 6.54 Å². The van der Waals surface area contributed by atoms with Crippen LogP contribution in [0.1, 0.15) is 23.2 Å². The van der Waals surface area contributed by atoms with Gasteiger partial charge >= 0.3 is 5.97 Å². The van der Waals surface area contributed by atoms with Crippen LogP contribution in [0, 0.1) is 5.92 Å². The number of halogens is 1. The van der Waals surface area contributed by atoms with Crippen molar-refractivity contribution in [3.8, 4) is 0 Å². The smallest absolute Gasteiger partial charge is 0.337 e. The number of carboxylic acid groups (broad SMARTS) is 1. The molecule has 1 aromatic rings. The molecule has 0 amide bonds. The van der Waals surface area contributed by atoms with E-state index in [1.54, 1.807) is 0 Å². The fourth-order valence-corrected chi connectivity index (χ4v) is 2.94. The molecule has 0 saturated heterocycles. The number of carboxylic acids is 1. The van der Waals surface area contributed by atoms with Crippen molar-refractivity contribution in [1.29, 1.82) is 0 Å². The maximum absolute atomic E-state index is 11.9. The van der Waals surface area contributed by atoms with Crippen molar-refractivity contribution in [3.63, 3.8) is 0 Å². The summed E-state index contributed by atoms with van der Waals surface area (Å²) in [5, 5.41) is 8.71. The van der Waals surface area contributed by atoms with Gasteiger partial charge in [0.1, 0.15) is 0 Å². The number of hydrogen-bond donors (Lipinski definition) is 2. The van der Waals surface area contributed by atoms with E-state index < -0.39 is 16.0 Å². The Bertz CT molecular complexity index is 581. The van der Waals surface area contributed by atoms with E-state index in [2.05, 4.69) is 4.72 Å². The quantitative estimate of drug-likeness (QED) is 0.864. The highest BCUT2D eigenvalue weighted by atomic mass is 35.5. The zero-order valence-electron chi connectivity index (χ0n) is 9.39. The number of carbonyl (C=O) groups is 1. The molecule has 5 nitrogen and oxygen atoms in total. The second kappa shape index (κ2) is 4.87. The van der Waals surface area contributed by atoms with Crippen LogP contribution in [0.5, 0.6) is 0 Å². The van der Waals surface area contributed by atoms with Crippen LogP contribution in [-0.4, -0.2) is 26.0 Å². The molecule has 0 atom stereocenters. The molecule has 1 saturated carbocycles. The summed E-state index contributed by atoms with van der Waals surface area (Å²) in [5.41, 5.74) is -0.113. The molecule has 0 unspecified atom stereocenters. The molecule has 0 heterocycles. The largest absolute Gasteiger partial charge is 0.478 e. The number of rotatable bonds is 5. The van der Waals surface area contributed by atoms with Crippen molar-refractivity contribution < 1.29 is 18.3 Å². The minimum absolute atomic E-state index is 0.0156. The molecule has 0 aromatic heterocycles. The van der Waals surface area contributed by atoms with Gasteiger partial charge in [-0.25, -0.2) is 17.9 Å². The van der Waals surface area contributed by atoms with E-state index in [-0.39, 0.29) is 15.5 Å². The molecule has 2 N–H and O–H groups in total. The zero-order valence-corrected chi connectivity index (χ0v) is 11.0. The van der Waals surface area contributed by atoms with E-state index in [1.807, 2.05) is 0 Å². The van der Waals surface area contributed by atoms with Crippen molar-refractivity contribution in [2.75, 3.05) is 6.54 Å². The first kappa shape index (κ1) is 13.3. The van der Waals surface area contributed by atoms with Crippen LogP contribution in [0.3, 0.4) is 0 Å². The molecule has 1 aromatic carbocycles. The molecule has 18 heavy (non-hydrogen) atoms. The van der Waals surface area contributed by atoms with Crippen LogP contribution >= 0.6 is 11.6 Å². The number of benzene rings is 1. The first-order valence-corrected chi connectivity index (χ1v) is 7.29. The molecule has 0 radical (unpaired) electrons. The lowest BCUT2D eigenvalue weighted by Crippen LogP contribution is -2.25. The monoisotopic (exact) mass is 289 g/mol. The van der Waals surface area contributed by atoms with Gasteiger partial charge in [0.2, 0.25) is 10.0 Å². The third-order valence-electron chi connectivity index (χ3n) is 2.74. The molecule has 2 rings (SSSR count). The second-order valence-corrected chi connectivity index (χ2v) is 6.42. The maximum Gasteiger partial charge on any atom is 0.337 e. The Kier molecular flexibility index (Phi) is 3.61. The van der Waals surface area contributed by atoms with Crippen molar-refractivity contribution in [2.45, 2.75) is 17.7 Å². The van der Waals surface area contributed by atoms with Gasteiger partial charge in [-0.1, -0.05) is 11.6 Å². The highest BCUT2D eigenvalue weighted by Gasteiger charge is 2.24. The summed E-state index contributed by atoms with van der Waals surface area (Å²) in [7, 11) is -3.61. The van der Waals surface area contributed by atoms with Gasteiger partial charge in [-0.05, 0) is 37.0 Å². The van der Waals surface area contributed by atoms with Gasteiger partial charge < -0.3 is 5.11 Å². The molecule has 1 fully saturated rings. The molecule has 0 aliphatic heterocycles. The Morgan fingerprint density at radius 2 is 2.11 bits per heavy atom. The molecule has 0 spiro atoms. The Morgan fingerprint density at radius 3 is 2.61 bits per heavy atom. The van der Waals surface area contributed by atoms with Crippen molar-refractivity contribution in [2.24, 2.45) is 5.92 Å². The van der Waals surface area contributed by atoms with Crippen LogP contribution in [0.4, 0.5) is 0 Å². The first-order valence-electron chi connectivity index (χ1n) is 5.42. The van der Waals surface area contributed by atoms with E-state index in [4.69, 9.17) is 16.7 Å². The summed E-state index contributed by atoms with van der Waals surface area (Å²) >= 11 is 5.73. The molecule has 1 aliphatic rings. The minimum atomic E-state index is -3.61. The summed E-state index contributed by atoms with van der Waals surface area (Å²) in [6, 6.07) is 3.58. The van der Waals surface area contributed by atoms with E-state index >= 15 is 0 Å². The second-order valence-electron chi connectivity index (χ2n) is 4.24. The van der Waals surface area contributed by atoms with E-state index in [0.717, 1.165) is 18.9 Å². The normalized spacial score (nSPS) is 15.6. The van der Waals surface area contributed by atoms with Crippen molar-refractivity contribution in [1.82, 2.24) is 4.72 Å². The van der Waals surface area contributed by atoms with Crippen LogP contribution in [0.25, 0.3) is 0 Å². The predicted octanol–water partition coefficient (Wildman–Crippen LogP) is 1.73. The molecule has 0 bridgehead atoms. The summed E-state index contributed by atoms with van der Waals surface area (Å²) in [4.78, 5) is 10.7. The van der Waals surface area contributed by atoms with Crippen LogP contribution in [0.15, 0.2) is 23.1 Å². The van der Waals surface area contributed by atoms with E-state index in [1.165, 1.54) is 12.1 Å². The van der Waals surface area contributed by atoms with E-state index in [9.17, 15) is 13.2 Å². The van der Waals surface area contributed by atoms with Gasteiger partial charge in [-0.2, -0.15) is 0 Å². The fourth-order valence-electron chi connectivity index (χ4n) is 1.47. The third kappa shape index (κ3) is 3.01. The highest BCUT2D eigenvalue weighted by molar-refractivity contribution is 7.89.